The molecule has 2 heteroatoms. The molecule has 1 aromatic heterocycles. The van der Waals surface area contributed by atoms with E-state index in [1.54, 1.807) is 0 Å². The van der Waals surface area contributed by atoms with Gasteiger partial charge in [0.25, 0.3) is 0 Å². The Balaban J connectivity index is 2.61. The van der Waals surface area contributed by atoms with Crippen molar-refractivity contribution in [2.45, 2.75) is 6.42 Å². The van der Waals surface area contributed by atoms with Gasteiger partial charge in [0.2, 0.25) is 0 Å². The number of pyridine rings is 1. The number of hydrogen-bond donors (Lipinski definition) is 0. The molecule has 13 heavy (non-hydrogen) atoms. The first-order valence-corrected chi connectivity index (χ1v) is 5.42. The quantitative estimate of drug-likeness (QED) is 0.730. The first-order chi connectivity index (χ1) is 6.42. The van der Waals surface area contributed by atoms with E-state index in [4.69, 9.17) is 0 Å². The zero-order valence-corrected chi connectivity index (χ0v) is 8.79. The monoisotopic (exact) mass is 235 g/mol. The van der Waals surface area contributed by atoms with Gasteiger partial charge >= 0.3 is 0 Å². The molecular formula is C11H10BrN. The Bertz CT molecular complexity index is 406. The van der Waals surface area contributed by atoms with Gasteiger partial charge in [-0.3, -0.25) is 4.98 Å². The van der Waals surface area contributed by atoms with Gasteiger partial charge in [0.15, 0.2) is 0 Å². The fraction of sp³-hybridized carbons (Fsp3) is 0.182. The molecule has 0 bridgehead atoms. The fourth-order valence-electron chi connectivity index (χ4n) is 1.47. The van der Waals surface area contributed by atoms with Gasteiger partial charge in [0.1, 0.15) is 0 Å². The predicted octanol–water partition coefficient (Wildman–Crippen LogP) is 3.17. The molecule has 66 valence electrons. The second-order valence-electron chi connectivity index (χ2n) is 2.93. The number of nitrogens with zero attached hydrogens (tertiary/aromatic N) is 1. The molecular weight excluding hydrogens is 226 g/mol. The Morgan fingerprint density at radius 3 is 2.85 bits per heavy atom. The van der Waals surface area contributed by atoms with Gasteiger partial charge in [-0.05, 0) is 18.1 Å². The van der Waals surface area contributed by atoms with Gasteiger partial charge in [-0.15, -0.1) is 0 Å². The van der Waals surface area contributed by atoms with Crippen molar-refractivity contribution in [2.24, 2.45) is 0 Å². The Kier molecular flexibility index (Phi) is 2.60. The lowest BCUT2D eigenvalue weighted by Crippen LogP contribution is -1.89. The lowest BCUT2D eigenvalue weighted by molar-refractivity contribution is 1.17. The van der Waals surface area contributed by atoms with Gasteiger partial charge in [0, 0.05) is 16.9 Å². The predicted molar refractivity (Wildman–Crippen MR) is 59.2 cm³/mol. The summed E-state index contributed by atoms with van der Waals surface area (Å²) < 4.78 is 0. The van der Waals surface area contributed by atoms with Crippen LogP contribution in [0.25, 0.3) is 10.9 Å². The molecule has 0 saturated carbocycles. The van der Waals surface area contributed by atoms with Crippen molar-refractivity contribution in [3.63, 3.8) is 0 Å². The van der Waals surface area contributed by atoms with Gasteiger partial charge in [-0.2, -0.15) is 0 Å². The van der Waals surface area contributed by atoms with E-state index in [1.807, 2.05) is 12.3 Å². The smallest absolute Gasteiger partial charge is 0.0734 e. The largest absolute Gasteiger partial charge is 0.256 e. The summed E-state index contributed by atoms with van der Waals surface area (Å²) in [6, 6.07) is 10.4. The zero-order valence-electron chi connectivity index (χ0n) is 7.20. The number of benzene rings is 1. The molecule has 0 unspecified atom stereocenters. The fourth-order valence-corrected chi connectivity index (χ4v) is 1.90. The van der Waals surface area contributed by atoms with E-state index < -0.39 is 0 Å². The molecule has 1 aromatic carbocycles. The summed E-state index contributed by atoms with van der Waals surface area (Å²) in [7, 11) is 0. The first kappa shape index (κ1) is 8.70. The molecule has 0 N–H and O–H groups in total. The molecule has 0 fully saturated rings. The van der Waals surface area contributed by atoms with Gasteiger partial charge in [-0.25, -0.2) is 0 Å². The lowest BCUT2D eigenvalue weighted by atomic mass is 10.1. The highest BCUT2D eigenvalue weighted by molar-refractivity contribution is 9.09. The van der Waals surface area contributed by atoms with Crippen molar-refractivity contribution in [3.05, 3.63) is 42.1 Å². The topological polar surface area (TPSA) is 12.9 Å². The van der Waals surface area contributed by atoms with Crippen LogP contribution in [0.4, 0.5) is 0 Å². The average molecular weight is 236 g/mol. The average Bonchev–Trinajstić information content (AvgIpc) is 2.19. The summed E-state index contributed by atoms with van der Waals surface area (Å²) in [4.78, 5) is 4.38. The minimum Gasteiger partial charge on any atom is -0.256 e. The van der Waals surface area contributed by atoms with Crippen molar-refractivity contribution < 1.29 is 0 Å². The first-order valence-electron chi connectivity index (χ1n) is 4.30. The Morgan fingerprint density at radius 2 is 2.00 bits per heavy atom. The van der Waals surface area contributed by atoms with Crippen LogP contribution >= 0.6 is 15.9 Å². The SMILES string of the molecule is BrCCc1cccc2cccnc12. The van der Waals surface area contributed by atoms with Crippen molar-refractivity contribution in [3.8, 4) is 0 Å². The molecule has 0 saturated heterocycles. The van der Waals surface area contributed by atoms with Crippen molar-refractivity contribution in [1.29, 1.82) is 0 Å². The van der Waals surface area contributed by atoms with Crippen molar-refractivity contribution >= 4 is 26.8 Å². The molecule has 2 aromatic rings. The molecule has 0 atom stereocenters. The number of alkyl halides is 1. The van der Waals surface area contributed by atoms with Crippen LogP contribution in [0.15, 0.2) is 36.5 Å². The van der Waals surface area contributed by atoms with E-state index in [2.05, 4.69) is 45.2 Å². The van der Waals surface area contributed by atoms with Crippen molar-refractivity contribution in [1.82, 2.24) is 4.98 Å². The number of halogens is 1. The standard InChI is InChI=1S/C11H10BrN/c12-7-6-10-4-1-3-9-5-2-8-13-11(9)10/h1-5,8H,6-7H2. The van der Waals surface area contributed by atoms with Crippen LogP contribution in [-0.2, 0) is 6.42 Å². The molecule has 0 spiro atoms. The number of aromatic nitrogens is 1. The third kappa shape index (κ3) is 1.73. The second-order valence-corrected chi connectivity index (χ2v) is 3.72. The summed E-state index contributed by atoms with van der Waals surface area (Å²) in [5.74, 6) is 0. The molecule has 1 nitrogen and oxygen atoms in total. The van der Waals surface area contributed by atoms with E-state index in [0.717, 1.165) is 17.3 Å². The van der Waals surface area contributed by atoms with E-state index >= 15 is 0 Å². The molecule has 0 aliphatic carbocycles. The highest BCUT2D eigenvalue weighted by atomic mass is 79.9. The maximum atomic E-state index is 4.38. The molecule has 1 heterocycles. The summed E-state index contributed by atoms with van der Waals surface area (Å²) in [6.45, 7) is 0. The van der Waals surface area contributed by atoms with E-state index in [0.29, 0.717) is 0 Å². The van der Waals surface area contributed by atoms with Crippen LogP contribution in [0.2, 0.25) is 0 Å². The van der Waals surface area contributed by atoms with E-state index in [1.165, 1.54) is 10.9 Å². The summed E-state index contributed by atoms with van der Waals surface area (Å²) in [5.41, 5.74) is 2.44. The lowest BCUT2D eigenvalue weighted by Gasteiger charge is -2.02. The molecule has 2 rings (SSSR count). The molecule has 0 aliphatic rings. The second kappa shape index (κ2) is 3.88. The van der Waals surface area contributed by atoms with Crippen LogP contribution in [0.1, 0.15) is 5.56 Å². The van der Waals surface area contributed by atoms with Crippen LogP contribution in [0.3, 0.4) is 0 Å². The zero-order chi connectivity index (χ0) is 9.10. The van der Waals surface area contributed by atoms with Gasteiger partial charge in [-0.1, -0.05) is 40.2 Å². The number of rotatable bonds is 2. The highest BCUT2D eigenvalue weighted by Crippen LogP contribution is 2.16. The maximum Gasteiger partial charge on any atom is 0.0734 e. The third-order valence-corrected chi connectivity index (χ3v) is 2.48. The number of para-hydroxylation sites is 1. The Hall–Kier alpha value is -0.890. The normalized spacial score (nSPS) is 10.5. The number of fused-ring (bicyclic) bond motifs is 1. The Labute approximate surface area is 85.9 Å². The van der Waals surface area contributed by atoms with E-state index in [9.17, 15) is 0 Å². The third-order valence-electron chi connectivity index (χ3n) is 2.08. The minimum atomic E-state index is 0.989. The minimum absolute atomic E-state index is 0.989. The van der Waals surface area contributed by atoms with Crippen LogP contribution in [-0.4, -0.2) is 10.3 Å². The van der Waals surface area contributed by atoms with E-state index in [-0.39, 0.29) is 0 Å². The number of aryl methyl sites for hydroxylation is 1. The highest BCUT2D eigenvalue weighted by Gasteiger charge is 1.99. The number of hydrogen-bond acceptors (Lipinski definition) is 1. The molecule has 0 radical (unpaired) electrons. The van der Waals surface area contributed by atoms with Gasteiger partial charge in [0.05, 0.1) is 5.52 Å². The van der Waals surface area contributed by atoms with Crippen molar-refractivity contribution in [2.75, 3.05) is 5.33 Å². The van der Waals surface area contributed by atoms with Crippen LogP contribution in [0, 0.1) is 0 Å². The van der Waals surface area contributed by atoms with Crippen LogP contribution in [0.5, 0.6) is 0 Å². The van der Waals surface area contributed by atoms with Gasteiger partial charge < -0.3 is 0 Å². The maximum absolute atomic E-state index is 4.38. The Morgan fingerprint density at radius 1 is 1.15 bits per heavy atom. The summed E-state index contributed by atoms with van der Waals surface area (Å²) in [5, 5.41) is 2.21. The summed E-state index contributed by atoms with van der Waals surface area (Å²) in [6.07, 6.45) is 2.88. The summed E-state index contributed by atoms with van der Waals surface area (Å²) >= 11 is 3.44. The van der Waals surface area contributed by atoms with Crippen LogP contribution < -0.4 is 0 Å². The molecule has 0 aliphatic heterocycles. The molecule has 0 amide bonds.